The fourth-order valence-electron chi connectivity index (χ4n) is 4.13. The first-order chi connectivity index (χ1) is 15.8. The fourth-order valence-corrected chi connectivity index (χ4v) is 4.13. The molecule has 2 aromatic heterocycles. The molecule has 0 spiro atoms. The lowest BCUT2D eigenvalue weighted by atomic mass is 10.0. The first kappa shape index (κ1) is 20.2. The first-order valence-electron chi connectivity index (χ1n) is 10.8. The van der Waals surface area contributed by atoms with Gasteiger partial charge in [0.2, 0.25) is 0 Å². The Morgan fingerprint density at radius 2 is 1.66 bits per heavy atom. The second-order valence-electron chi connectivity index (χ2n) is 7.81. The Labute approximate surface area is 187 Å². The van der Waals surface area contributed by atoms with Crippen LogP contribution in [-0.4, -0.2) is 28.3 Å². The number of rotatable bonds is 8. The van der Waals surface area contributed by atoms with E-state index in [0.717, 1.165) is 39.7 Å². The average molecular weight is 424 g/mol. The molecule has 3 aromatic carbocycles. The zero-order chi connectivity index (χ0) is 21.8. The molecule has 5 heteroatoms. The highest BCUT2D eigenvalue weighted by molar-refractivity contribution is 6.02. The number of methoxy groups -OCH3 is 1. The van der Waals surface area contributed by atoms with Crippen LogP contribution >= 0.6 is 0 Å². The molecule has 0 fully saturated rings. The molecule has 0 aliphatic carbocycles. The minimum atomic E-state index is 0.126. The number of pyridine rings is 1. The lowest BCUT2D eigenvalue weighted by Gasteiger charge is -2.20. The van der Waals surface area contributed by atoms with Gasteiger partial charge >= 0.3 is 0 Å². The van der Waals surface area contributed by atoms with Crippen molar-refractivity contribution in [3.05, 3.63) is 103 Å². The van der Waals surface area contributed by atoms with Crippen LogP contribution in [-0.2, 0) is 11.3 Å². The lowest BCUT2D eigenvalue weighted by molar-refractivity contribution is 0.184. The Kier molecular flexibility index (Phi) is 5.81. The summed E-state index contributed by atoms with van der Waals surface area (Å²) in [6, 6.07) is 26.9. The molecule has 0 N–H and O–H groups in total. The predicted octanol–water partition coefficient (Wildman–Crippen LogP) is 5.79. The maximum absolute atomic E-state index is 6.01. The van der Waals surface area contributed by atoms with E-state index in [1.807, 2.05) is 48.9 Å². The van der Waals surface area contributed by atoms with Crippen LogP contribution in [0.5, 0.6) is 5.75 Å². The largest absolute Gasteiger partial charge is 0.489 e. The second kappa shape index (κ2) is 9.20. The van der Waals surface area contributed by atoms with Crippen molar-refractivity contribution in [2.75, 3.05) is 13.7 Å². The molecule has 0 bridgehead atoms. The molecule has 0 amide bonds. The van der Waals surface area contributed by atoms with Crippen LogP contribution < -0.4 is 4.74 Å². The highest BCUT2D eigenvalue weighted by Gasteiger charge is 2.18. The third-order valence-corrected chi connectivity index (χ3v) is 5.74. The third kappa shape index (κ3) is 4.07. The minimum absolute atomic E-state index is 0.126. The number of benzene rings is 3. The Morgan fingerprint density at radius 1 is 0.875 bits per heavy atom. The Hall–Kier alpha value is -3.70. The van der Waals surface area contributed by atoms with Crippen molar-refractivity contribution in [2.24, 2.45) is 0 Å². The van der Waals surface area contributed by atoms with Gasteiger partial charge in [-0.1, -0.05) is 60.7 Å². The summed E-state index contributed by atoms with van der Waals surface area (Å²) in [5.74, 6) is 0.804. The van der Waals surface area contributed by atoms with Crippen LogP contribution in [0.3, 0.4) is 0 Å². The molecule has 5 nitrogen and oxygen atoms in total. The van der Waals surface area contributed by atoms with Crippen LogP contribution in [0.4, 0.5) is 0 Å². The van der Waals surface area contributed by atoms with Gasteiger partial charge in [-0.05, 0) is 29.7 Å². The number of nitrogens with zero attached hydrogens (tertiary/aromatic N) is 3. The molecule has 0 radical (unpaired) electrons. The summed E-state index contributed by atoms with van der Waals surface area (Å²) >= 11 is 0. The van der Waals surface area contributed by atoms with E-state index in [4.69, 9.17) is 9.47 Å². The smallest absolute Gasteiger partial charge is 0.122 e. The van der Waals surface area contributed by atoms with Crippen molar-refractivity contribution in [3.8, 4) is 5.75 Å². The van der Waals surface area contributed by atoms with Crippen molar-refractivity contribution in [1.82, 2.24) is 14.5 Å². The van der Waals surface area contributed by atoms with E-state index in [1.54, 1.807) is 7.11 Å². The lowest BCUT2D eigenvalue weighted by Crippen LogP contribution is -2.12. The van der Waals surface area contributed by atoms with E-state index in [-0.39, 0.29) is 6.04 Å². The maximum atomic E-state index is 6.01. The van der Waals surface area contributed by atoms with Crippen molar-refractivity contribution in [3.63, 3.8) is 0 Å². The summed E-state index contributed by atoms with van der Waals surface area (Å²) in [7, 11) is 1.74. The van der Waals surface area contributed by atoms with E-state index in [1.165, 1.54) is 5.56 Å². The minimum Gasteiger partial charge on any atom is -0.489 e. The molecule has 1 atom stereocenters. The standard InChI is InChI=1S/C27H25N3O2/c1-31-15-14-26(21-10-6-3-7-11-21)30-19-29-25-17-28-24-16-22(12-13-23(24)27(25)30)32-18-20-8-4-2-5-9-20/h2-13,16-17,19,26H,14-15,18H2,1H3. The normalized spacial score (nSPS) is 12.3. The molecule has 32 heavy (non-hydrogen) atoms. The van der Waals surface area contributed by atoms with Gasteiger partial charge in [0.25, 0.3) is 0 Å². The summed E-state index contributed by atoms with van der Waals surface area (Å²) < 4.78 is 13.7. The molecule has 0 aliphatic heterocycles. The zero-order valence-corrected chi connectivity index (χ0v) is 18.0. The molecule has 1 unspecified atom stereocenters. The quantitative estimate of drug-likeness (QED) is 0.317. The van der Waals surface area contributed by atoms with Crippen LogP contribution in [0.2, 0.25) is 0 Å². The maximum Gasteiger partial charge on any atom is 0.122 e. The molecular formula is C27H25N3O2. The van der Waals surface area contributed by atoms with Crippen LogP contribution in [0.25, 0.3) is 21.9 Å². The van der Waals surface area contributed by atoms with E-state index in [0.29, 0.717) is 13.2 Å². The van der Waals surface area contributed by atoms with Crippen LogP contribution in [0, 0.1) is 0 Å². The predicted molar refractivity (Wildman–Crippen MR) is 127 cm³/mol. The monoisotopic (exact) mass is 423 g/mol. The zero-order valence-electron chi connectivity index (χ0n) is 18.0. The van der Waals surface area contributed by atoms with Crippen molar-refractivity contribution >= 4 is 21.9 Å². The fraction of sp³-hybridized carbons (Fsp3) is 0.185. The highest BCUT2D eigenvalue weighted by Crippen LogP contribution is 2.32. The molecule has 0 aliphatic rings. The summed E-state index contributed by atoms with van der Waals surface area (Å²) in [5.41, 5.74) is 5.22. The van der Waals surface area contributed by atoms with Gasteiger partial charge in [0.15, 0.2) is 0 Å². The van der Waals surface area contributed by atoms with Gasteiger partial charge in [-0.3, -0.25) is 4.98 Å². The van der Waals surface area contributed by atoms with E-state index >= 15 is 0 Å². The van der Waals surface area contributed by atoms with E-state index in [2.05, 4.69) is 57.0 Å². The number of hydrogen-bond donors (Lipinski definition) is 0. The molecule has 0 saturated carbocycles. The number of hydrogen-bond acceptors (Lipinski definition) is 4. The first-order valence-corrected chi connectivity index (χ1v) is 10.8. The van der Waals surface area contributed by atoms with Gasteiger partial charge in [0, 0.05) is 25.2 Å². The SMILES string of the molecule is COCCC(c1ccccc1)n1cnc2cnc3cc(OCc4ccccc4)ccc3c21. The molecule has 0 saturated heterocycles. The van der Waals surface area contributed by atoms with Crippen LogP contribution in [0.15, 0.2) is 91.4 Å². The van der Waals surface area contributed by atoms with Crippen LogP contribution in [0.1, 0.15) is 23.6 Å². The van der Waals surface area contributed by atoms with Gasteiger partial charge in [-0.15, -0.1) is 0 Å². The molecule has 2 heterocycles. The van der Waals surface area contributed by atoms with Crippen molar-refractivity contribution < 1.29 is 9.47 Å². The topological polar surface area (TPSA) is 49.2 Å². The number of imidazole rings is 1. The molecule has 5 aromatic rings. The Bertz CT molecular complexity index is 1320. The molecule has 160 valence electrons. The van der Waals surface area contributed by atoms with Crippen molar-refractivity contribution in [1.29, 1.82) is 0 Å². The Balaban J connectivity index is 1.53. The van der Waals surface area contributed by atoms with Gasteiger partial charge in [0.05, 0.1) is 29.6 Å². The number of fused-ring (bicyclic) bond motifs is 3. The summed E-state index contributed by atoms with van der Waals surface area (Å²) in [6.45, 7) is 1.19. The highest BCUT2D eigenvalue weighted by atomic mass is 16.5. The number of aromatic nitrogens is 3. The third-order valence-electron chi connectivity index (χ3n) is 5.74. The van der Waals surface area contributed by atoms with Gasteiger partial charge < -0.3 is 14.0 Å². The average Bonchev–Trinajstić information content (AvgIpc) is 3.28. The summed E-state index contributed by atoms with van der Waals surface area (Å²) in [5, 5.41) is 1.06. The van der Waals surface area contributed by atoms with Gasteiger partial charge in [-0.2, -0.15) is 0 Å². The summed E-state index contributed by atoms with van der Waals surface area (Å²) in [4.78, 5) is 9.30. The second-order valence-corrected chi connectivity index (χ2v) is 7.81. The summed E-state index contributed by atoms with van der Waals surface area (Å²) in [6.07, 6.45) is 4.61. The molecule has 5 rings (SSSR count). The molecular weight excluding hydrogens is 398 g/mol. The van der Waals surface area contributed by atoms with E-state index < -0.39 is 0 Å². The van der Waals surface area contributed by atoms with Gasteiger partial charge in [-0.25, -0.2) is 4.98 Å². The Morgan fingerprint density at radius 3 is 2.44 bits per heavy atom. The van der Waals surface area contributed by atoms with Gasteiger partial charge in [0.1, 0.15) is 17.9 Å². The number of ether oxygens (including phenoxy) is 2. The van der Waals surface area contributed by atoms with Crippen molar-refractivity contribution in [2.45, 2.75) is 19.1 Å². The van der Waals surface area contributed by atoms with E-state index in [9.17, 15) is 0 Å².